The molecule has 1 saturated heterocycles. The number of fused-ring (bicyclic) bond motifs is 1. The van der Waals surface area contributed by atoms with Gasteiger partial charge in [-0.05, 0) is 78.4 Å². The third-order valence-electron chi connectivity index (χ3n) is 8.15. The van der Waals surface area contributed by atoms with Gasteiger partial charge in [0.15, 0.2) is 0 Å². The molecule has 5 rings (SSSR count). The Hall–Kier alpha value is -5.50. The molecule has 240 valence electrons. The van der Waals surface area contributed by atoms with Crippen molar-refractivity contribution in [3.63, 3.8) is 0 Å². The van der Waals surface area contributed by atoms with E-state index < -0.39 is 23.7 Å². The molecule has 8 nitrogen and oxygen atoms in total. The molecule has 1 N–H and O–H groups in total. The van der Waals surface area contributed by atoms with Crippen LogP contribution in [0.2, 0.25) is 0 Å². The van der Waals surface area contributed by atoms with Crippen LogP contribution in [0.3, 0.4) is 0 Å². The summed E-state index contributed by atoms with van der Waals surface area (Å²) in [5.74, 6) is -1.86. The lowest BCUT2D eigenvalue weighted by Crippen LogP contribution is -2.32. The summed E-state index contributed by atoms with van der Waals surface area (Å²) in [4.78, 5) is 55.1. The zero-order valence-corrected chi connectivity index (χ0v) is 27.0. The van der Waals surface area contributed by atoms with Crippen LogP contribution in [-0.2, 0) is 25.6 Å². The fraction of sp³-hybridized carbons (Fsp3) is 0.231. The number of carbonyl (C=O) groups excluding carboxylic acids is 4. The van der Waals surface area contributed by atoms with Crippen LogP contribution < -0.4 is 5.32 Å². The number of hydrogen-bond donors (Lipinski definition) is 1. The van der Waals surface area contributed by atoms with E-state index >= 15 is 0 Å². The number of rotatable bonds is 10. The van der Waals surface area contributed by atoms with E-state index in [1.54, 1.807) is 24.3 Å². The monoisotopic (exact) mass is 630 g/mol. The van der Waals surface area contributed by atoms with Gasteiger partial charge in [-0.3, -0.25) is 14.4 Å². The number of amides is 3. The molecule has 3 amide bonds. The minimum atomic E-state index is -0.805. The van der Waals surface area contributed by atoms with Gasteiger partial charge in [0.1, 0.15) is 11.3 Å². The van der Waals surface area contributed by atoms with E-state index in [9.17, 15) is 19.2 Å². The maximum Gasteiger partial charge on any atom is 0.363 e. The number of anilines is 1. The van der Waals surface area contributed by atoms with Crippen LogP contribution >= 0.6 is 0 Å². The topological polar surface area (TPSA) is 106 Å². The second-order valence-corrected chi connectivity index (χ2v) is 12.6. The summed E-state index contributed by atoms with van der Waals surface area (Å²) in [6.45, 7) is 12.2. The fourth-order valence-electron chi connectivity index (χ4n) is 5.30. The molecule has 1 atom stereocenters. The average Bonchev–Trinajstić information content (AvgIpc) is 3.62. The molecule has 1 aliphatic heterocycles. The Kier molecular flexibility index (Phi) is 9.70. The highest BCUT2D eigenvalue weighted by atomic mass is 16.7. The highest BCUT2D eigenvalue weighted by Gasteiger charge is 2.33. The first-order valence-electron chi connectivity index (χ1n) is 15.5. The Labute approximate surface area is 274 Å². The van der Waals surface area contributed by atoms with Crippen LogP contribution in [0.5, 0.6) is 0 Å². The van der Waals surface area contributed by atoms with Gasteiger partial charge in [0.05, 0.1) is 11.5 Å². The van der Waals surface area contributed by atoms with E-state index in [4.69, 9.17) is 9.25 Å². The largest absolute Gasteiger partial charge is 0.456 e. The molecule has 0 saturated carbocycles. The number of para-hydroxylation sites is 1. The van der Waals surface area contributed by atoms with Gasteiger partial charge in [0.2, 0.25) is 5.91 Å². The molecule has 0 aliphatic carbocycles. The van der Waals surface area contributed by atoms with Crippen molar-refractivity contribution in [3.8, 4) is 11.3 Å². The van der Waals surface area contributed by atoms with Gasteiger partial charge in [-0.1, -0.05) is 81.5 Å². The van der Waals surface area contributed by atoms with Gasteiger partial charge in [-0.2, -0.15) is 0 Å². The number of hydroxylamine groups is 2. The van der Waals surface area contributed by atoms with Crippen LogP contribution in [0, 0.1) is 11.3 Å². The first-order valence-corrected chi connectivity index (χ1v) is 15.5. The lowest BCUT2D eigenvalue weighted by atomic mass is 9.85. The number of allylic oxidation sites excluding steroid dienone is 4. The third-order valence-corrected chi connectivity index (χ3v) is 8.15. The number of nitrogens with one attached hydrogen (secondary N) is 1. The first kappa shape index (κ1) is 32.9. The van der Waals surface area contributed by atoms with Gasteiger partial charge >= 0.3 is 5.97 Å². The molecule has 0 radical (unpaired) electrons. The highest BCUT2D eigenvalue weighted by molar-refractivity contribution is 6.02. The summed E-state index contributed by atoms with van der Waals surface area (Å²) in [6.07, 6.45) is 6.16. The molecule has 8 heteroatoms. The Bertz CT molecular complexity index is 1840. The smallest absolute Gasteiger partial charge is 0.363 e. The number of nitrogens with zero attached hydrogens (tertiary/aromatic N) is 1. The van der Waals surface area contributed by atoms with Crippen molar-refractivity contribution in [3.05, 3.63) is 126 Å². The van der Waals surface area contributed by atoms with Crippen molar-refractivity contribution in [2.24, 2.45) is 11.3 Å². The zero-order chi connectivity index (χ0) is 33.7. The minimum absolute atomic E-state index is 0.0199. The third kappa shape index (κ3) is 7.84. The van der Waals surface area contributed by atoms with Crippen molar-refractivity contribution in [2.45, 2.75) is 47.0 Å². The Morgan fingerprint density at radius 1 is 0.957 bits per heavy atom. The first-order chi connectivity index (χ1) is 22.4. The standard InChI is InChI=1S/C39H38N2O6/c1-6-30(39(3,4)5)18-11-25(2)32(23-26-12-14-28(15-13-26)38(45)47-41-35(42)21-22-36(41)43)37(44)40-31-19-16-27(17-20-31)34-24-29-9-7-8-10-33(29)46-34/h6-20,24,32H,1,21-23H2,2-5H3,(H,40,44)/b25-11+,30-18+. The summed E-state index contributed by atoms with van der Waals surface area (Å²) in [5.41, 5.74) is 5.12. The molecule has 1 unspecified atom stereocenters. The van der Waals surface area contributed by atoms with Crippen LogP contribution in [0.4, 0.5) is 5.69 Å². The van der Waals surface area contributed by atoms with Crippen LogP contribution in [0.15, 0.2) is 119 Å². The molecule has 1 aliphatic rings. The predicted octanol–water partition coefficient (Wildman–Crippen LogP) is 8.22. The Balaban J connectivity index is 1.35. The van der Waals surface area contributed by atoms with Gasteiger partial charge in [-0.15, -0.1) is 5.06 Å². The summed E-state index contributed by atoms with van der Waals surface area (Å²) < 4.78 is 5.99. The quantitative estimate of drug-likeness (QED) is 0.140. The Morgan fingerprint density at radius 2 is 1.62 bits per heavy atom. The van der Waals surface area contributed by atoms with Crippen molar-refractivity contribution in [1.29, 1.82) is 0 Å². The molecule has 1 aromatic heterocycles. The minimum Gasteiger partial charge on any atom is -0.456 e. The van der Waals surface area contributed by atoms with E-state index in [0.717, 1.165) is 39.0 Å². The molecule has 1 fully saturated rings. The maximum absolute atomic E-state index is 13.8. The molecular formula is C39H38N2O6. The molecule has 0 bridgehead atoms. The van der Waals surface area contributed by atoms with Crippen LogP contribution in [0.25, 0.3) is 22.3 Å². The van der Waals surface area contributed by atoms with Crippen LogP contribution in [0.1, 0.15) is 56.5 Å². The van der Waals surface area contributed by atoms with Crippen molar-refractivity contribution in [2.75, 3.05) is 5.32 Å². The van der Waals surface area contributed by atoms with E-state index in [1.807, 2.05) is 79.7 Å². The highest BCUT2D eigenvalue weighted by Crippen LogP contribution is 2.30. The fourth-order valence-corrected chi connectivity index (χ4v) is 5.30. The summed E-state index contributed by atoms with van der Waals surface area (Å²) in [6, 6.07) is 23.9. The number of carbonyl (C=O) groups is 4. The van der Waals surface area contributed by atoms with E-state index in [2.05, 4.69) is 32.7 Å². The maximum atomic E-state index is 13.8. The molecule has 0 spiro atoms. The van der Waals surface area contributed by atoms with E-state index in [-0.39, 0.29) is 29.7 Å². The Morgan fingerprint density at radius 3 is 2.23 bits per heavy atom. The van der Waals surface area contributed by atoms with Crippen molar-refractivity contribution < 1.29 is 28.4 Å². The number of imide groups is 1. The van der Waals surface area contributed by atoms with E-state index in [1.165, 1.54) is 0 Å². The zero-order valence-electron chi connectivity index (χ0n) is 27.0. The second-order valence-electron chi connectivity index (χ2n) is 12.6. The predicted molar refractivity (Wildman–Crippen MR) is 182 cm³/mol. The lowest BCUT2D eigenvalue weighted by Gasteiger charge is -2.21. The number of benzene rings is 3. The van der Waals surface area contributed by atoms with E-state index in [0.29, 0.717) is 17.2 Å². The molecule has 2 heterocycles. The van der Waals surface area contributed by atoms with Gasteiger partial charge in [-0.25, -0.2) is 4.79 Å². The summed E-state index contributed by atoms with van der Waals surface area (Å²) in [5, 5.41) is 4.61. The number of hydrogen-bond acceptors (Lipinski definition) is 6. The summed E-state index contributed by atoms with van der Waals surface area (Å²) in [7, 11) is 0. The van der Waals surface area contributed by atoms with Crippen LogP contribution in [-0.4, -0.2) is 28.8 Å². The SMILES string of the molecule is C=C/C(=C\C=C(/C)C(Cc1ccc(C(=O)ON2C(=O)CCC2=O)cc1)C(=O)Nc1ccc(-c2cc3ccccc3o2)cc1)C(C)(C)C. The van der Waals surface area contributed by atoms with Crippen molar-refractivity contribution in [1.82, 2.24) is 5.06 Å². The molecule has 3 aromatic carbocycles. The summed E-state index contributed by atoms with van der Waals surface area (Å²) >= 11 is 0. The molecule has 47 heavy (non-hydrogen) atoms. The molecule has 4 aromatic rings. The van der Waals surface area contributed by atoms with Gasteiger partial charge < -0.3 is 14.6 Å². The lowest BCUT2D eigenvalue weighted by molar-refractivity contribution is -0.172. The molecular weight excluding hydrogens is 592 g/mol. The average molecular weight is 631 g/mol. The second kappa shape index (κ2) is 13.9. The van der Waals surface area contributed by atoms with Crippen molar-refractivity contribution >= 4 is 40.3 Å². The normalized spacial score (nSPS) is 14.8. The van der Waals surface area contributed by atoms with Gasteiger partial charge in [0.25, 0.3) is 11.8 Å². The number of furan rings is 1. The van der Waals surface area contributed by atoms with Gasteiger partial charge in [0, 0.05) is 29.5 Å².